The van der Waals surface area contributed by atoms with E-state index in [-0.39, 0.29) is 17.5 Å². The molecule has 0 saturated heterocycles. The molecule has 0 aliphatic carbocycles. The van der Waals surface area contributed by atoms with Gasteiger partial charge in [-0.2, -0.15) is 0 Å². The summed E-state index contributed by atoms with van der Waals surface area (Å²) in [7, 11) is -3.78. The van der Waals surface area contributed by atoms with Crippen LogP contribution in [0.15, 0.2) is 51.9 Å². The lowest BCUT2D eigenvalue weighted by molar-refractivity contribution is 0.219. The van der Waals surface area contributed by atoms with Crippen LogP contribution in [0.3, 0.4) is 0 Å². The Labute approximate surface area is 164 Å². The van der Waals surface area contributed by atoms with E-state index in [4.69, 9.17) is 9.26 Å². The minimum absolute atomic E-state index is 0.243. The quantitative estimate of drug-likeness (QED) is 0.660. The van der Waals surface area contributed by atoms with Gasteiger partial charge in [-0.25, -0.2) is 8.42 Å². The third-order valence-corrected chi connectivity index (χ3v) is 6.98. The van der Waals surface area contributed by atoms with Gasteiger partial charge < -0.3 is 9.26 Å². The molecule has 0 spiro atoms. The molecule has 0 unspecified atom stereocenters. The Bertz CT molecular complexity index is 1150. The Kier molecular flexibility index (Phi) is 4.42. The fourth-order valence-corrected chi connectivity index (χ4v) is 5.20. The summed E-state index contributed by atoms with van der Waals surface area (Å²) in [4.78, 5) is 0.252. The number of hydrogen-bond acceptors (Lipinski definition) is 5. The van der Waals surface area contributed by atoms with E-state index in [0.717, 1.165) is 11.3 Å². The molecular formula is C21H22N2O4S. The Morgan fingerprint density at radius 2 is 1.86 bits per heavy atom. The van der Waals surface area contributed by atoms with E-state index in [1.54, 1.807) is 31.2 Å². The van der Waals surface area contributed by atoms with Gasteiger partial charge in [-0.05, 0) is 51.5 Å². The fraction of sp³-hybridized carbons (Fsp3) is 0.286. The molecule has 0 N–H and O–H groups in total. The summed E-state index contributed by atoms with van der Waals surface area (Å²) in [5.74, 6) is 1.16. The van der Waals surface area contributed by atoms with Crippen LogP contribution in [0.5, 0.6) is 5.75 Å². The molecule has 7 heteroatoms. The second-order valence-corrected chi connectivity index (χ2v) is 8.97. The van der Waals surface area contributed by atoms with Crippen LogP contribution in [-0.2, 0) is 10.0 Å². The molecule has 1 aliphatic heterocycles. The van der Waals surface area contributed by atoms with E-state index in [9.17, 15) is 8.42 Å². The zero-order valence-corrected chi connectivity index (χ0v) is 17.1. The number of aryl methyl sites for hydroxylation is 2. The zero-order chi connectivity index (χ0) is 20.1. The van der Waals surface area contributed by atoms with Gasteiger partial charge in [0.05, 0.1) is 22.8 Å². The predicted octanol–water partition coefficient (Wildman–Crippen LogP) is 4.24. The summed E-state index contributed by atoms with van der Waals surface area (Å²) in [6.45, 7) is 7.69. The molecule has 0 saturated carbocycles. The van der Waals surface area contributed by atoms with Crippen molar-refractivity contribution in [3.05, 3.63) is 59.3 Å². The number of hydrogen-bond donors (Lipinski definition) is 0. The summed E-state index contributed by atoms with van der Waals surface area (Å²) < 4.78 is 39.9. The first-order valence-electron chi connectivity index (χ1n) is 9.11. The van der Waals surface area contributed by atoms with Crippen LogP contribution in [0.2, 0.25) is 0 Å². The molecule has 0 radical (unpaired) electrons. The summed E-state index contributed by atoms with van der Waals surface area (Å²) in [6, 6.07) is 12.5. The Balaban J connectivity index is 1.85. The highest BCUT2D eigenvalue weighted by Crippen LogP contribution is 2.38. The van der Waals surface area contributed by atoms with Crippen molar-refractivity contribution in [1.29, 1.82) is 0 Å². The van der Waals surface area contributed by atoms with Crippen LogP contribution >= 0.6 is 0 Å². The zero-order valence-electron chi connectivity index (χ0n) is 16.3. The maximum Gasteiger partial charge on any atom is 0.264 e. The molecule has 2 aromatic carbocycles. The van der Waals surface area contributed by atoms with Crippen LogP contribution in [0.1, 0.15) is 23.7 Å². The summed E-state index contributed by atoms with van der Waals surface area (Å²) in [5, 5.41) is 3.98. The standard InChI is InChI=1S/C21H22N2O4S/c1-13-9-10-17(21-15(3)16(4)22-27-21)11-20(13)28(24,25)23-12-14(2)26-19-8-6-5-7-18(19)23/h5-11,14H,12H2,1-4H3/t14-/m0/s1. The van der Waals surface area contributed by atoms with Gasteiger partial charge in [0.25, 0.3) is 10.0 Å². The molecule has 6 nitrogen and oxygen atoms in total. The first-order valence-corrected chi connectivity index (χ1v) is 10.6. The lowest BCUT2D eigenvalue weighted by atomic mass is 10.1. The lowest BCUT2D eigenvalue weighted by Crippen LogP contribution is -2.42. The third kappa shape index (κ3) is 2.96. The molecule has 4 rings (SSSR count). The highest BCUT2D eigenvalue weighted by atomic mass is 32.2. The number of benzene rings is 2. The highest BCUT2D eigenvalue weighted by molar-refractivity contribution is 7.93. The van der Waals surface area contributed by atoms with E-state index in [2.05, 4.69) is 5.16 Å². The number of para-hydroxylation sites is 2. The molecule has 0 fully saturated rings. The van der Waals surface area contributed by atoms with Gasteiger partial charge in [-0.3, -0.25) is 4.31 Å². The topological polar surface area (TPSA) is 72.6 Å². The number of aromatic nitrogens is 1. The van der Waals surface area contributed by atoms with Crippen LogP contribution in [0.4, 0.5) is 5.69 Å². The van der Waals surface area contributed by atoms with Crippen molar-refractivity contribution in [3.63, 3.8) is 0 Å². The molecule has 0 bridgehead atoms. The van der Waals surface area contributed by atoms with Gasteiger partial charge in [0.15, 0.2) is 5.76 Å². The summed E-state index contributed by atoms with van der Waals surface area (Å²) in [5.41, 5.74) is 3.61. The van der Waals surface area contributed by atoms with Gasteiger partial charge in [-0.1, -0.05) is 29.4 Å². The molecular weight excluding hydrogens is 376 g/mol. The molecule has 1 aromatic heterocycles. The van der Waals surface area contributed by atoms with E-state index in [0.29, 0.717) is 28.3 Å². The van der Waals surface area contributed by atoms with E-state index in [1.807, 2.05) is 39.0 Å². The van der Waals surface area contributed by atoms with Crippen molar-refractivity contribution < 1.29 is 17.7 Å². The summed E-state index contributed by atoms with van der Waals surface area (Å²) >= 11 is 0. The van der Waals surface area contributed by atoms with Gasteiger partial charge in [0.1, 0.15) is 11.9 Å². The smallest absolute Gasteiger partial charge is 0.264 e. The highest BCUT2D eigenvalue weighted by Gasteiger charge is 2.34. The monoisotopic (exact) mass is 398 g/mol. The first kappa shape index (κ1) is 18.6. The fourth-order valence-electron chi connectivity index (χ4n) is 3.40. The van der Waals surface area contributed by atoms with Crippen molar-refractivity contribution >= 4 is 15.7 Å². The number of ether oxygens (including phenoxy) is 1. The molecule has 2 heterocycles. The second-order valence-electron chi connectivity index (χ2n) is 7.13. The Morgan fingerprint density at radius 3 is 2.57 bits per heavy atom. The number of sulfonamides is 1. The van der Waals surface area contributed by atoms with Crippen LogP contribution in [-0.4, -0.2) is 26.2 Å². The second kappa shape index (κ2) is 6.67. The van der Waals surface area contributed by atoms with E-state index in [1.165, 1.54) is 4.31 Å². The Hall–Kier alpha value is -2.80. The molecule has 1 atom stereocenters. The molecule has 3 aromatic rings. The maximum atomic E-state index is 13.6. The minimum Gasteiger partial charge on any atom is -0.487 e. The average molecular weight is 398 g/mol. The van der Waals surface area contributed by atoms with Gasteiger partial charge >= 0.3 is 0 Å². The van der Waals surface area contributed by atoms with E-state index >= 15 is 0 Å². The third-order valence-electron chi connectivity index (χ3n) is 5.06. The number of fused-ring (bicyclic) bond motifs is 1. The van der Waals surface area contributed by atoms with Crippen LogP contribution < -0.4 is 9.04 Å². The SMILES string of the molecule is Cc1ccc(-c2onc(C)c2C)cc1S(=O)(=O)N1C[C@H](C)Oc2ccccc21. The van der Waals surface area contributed by atoms with Crippen LogP contribution in [0.25, 0.3) is 11.3 Å². The van der Waals surface area contributed by atoms with Gasteiger partial charge in [-0.15, -0.1) is 0 Å². The Morgan fingerprint density at radius 1 is 1.11 bits per heavy atom. The van der Waals surface area contributed by atoms with Crippen molar-refractivity contribution in [3.8, 4) is 17.1 Å². The van der Waals surface area contributed by atoms with Gasteiger partial charge in [0.2, 0.25) is 0 Å². The summed E-state index contributed by atoms with van der Waals surface area (Å²) in [6.07, 6.45) is -0.243. The maximum absolute atomic E-state index is 13.6. The van der Waals surface area contributed by atoms with Crippen LogP contribution in [0, 0.1) is 20.8 Å². The number of anilines is 1. The van der Waals surface area contributed by atoms with E-state index < -0.39 is 10.0 Å². The minimum atomic E-state index is -3.78. The number of nitrogens with zero attached hydrogens (tertiary/aromatic N) is 2. The van der Waals surface area contributed by atoms with Crippen molar-refractivity contribution in [2.75, 3.05) is 10.8 Å². The largest absolute Gasteiger partial charge is 0.487 e. The van der Waals surface area contributed by atoms with Gasteiger partial charge in [0, 0.05) is 11.1 Å². The molecule has 28 heavy (non-hydrogen) atoms. The molecule has 1 aliphatic rings. The first-order chi connectivity index (χ1) is 13.3. The molecule has 0 amide bonds. The van der Waals surface area contributed by atoms with Crippen molar-refractivity contribution in [1.82, 2.24) is 5.16 Å². The number of rotatable bonds is 3. The molecule has 146 valence electrons. The average Bonchev–Trinajstić information content (AvgIpc) is 3.00. The lowest BCUT2D eigenvalue weighted by Gasteiger charge is -2.34. The normalized spacial score (nSPS) is 16.6. The predicted molar refractivity (Wildman–Crippen MR) is 107 cm³/mol. The van der Waals surface area contributed by atoms with Crippen molar-refractivity contribution in [2.24, 2.45) is 0 Å². The van der Waals surface area contributed by atoms with Crippen molar-refractivity contribution in [2.45, 2.75) is 38.7 Å².